The molecule has 1 atom stereocenters. The van der Waals surface area contributed by atoms with Gasteiger partial charge in [-0.3, -0.25) is 9.59 Å². The highest BCUT2D eigenvalue weighted by molar-refractivity contribution is 6.64. The van der Waals surface area contributed by atoms with E-state index < -0.39 is 11.3 Å². The van der Waals surface area contributed by atoms with Crippen molar-refractivity contribution in [1.82, 2.24) is 4.90 Å². The molecule has 17 heavy (non-hydrogen) atoms. The quantitative estimate of drug-likeness (QED) is 0.771. The van der Waals surface area contributed by atoms with Gasteiger partial charge in [-0.1, -0.05) is 30.3 Å². The molecular weight excluding hydrogens is 238 g/mol. The summed E-state index contributed by atoms with van der Waals surface area (Å²) in [6.45, 7) is 0.634. The Morgan fingerprint density at radius 3 is 2.65 bits per heavy atom. The first-order chi connectivity index (χ1) is 8.18. The Morgan fingerprint density at radius 2 is 2.00 bits per heavy atom. The van der Waals surface area contributed by atoms with Crippen molar-refractivity contribution in [1.29, 1.82) is 0 Å². The van der Waals surface area contributed by atoms with Crippen LogP contribution >= 0.6 is 11.6 Å². The highest BCUT2D eigenvalue weighted by Crippen LogP contribution is 2.20. The van der Waals surface area contributed by atoms with E-state index in [1.165, 1.54) is 0 Å². The predicted molar refractivity (Wildman–Crippen MR) is 65.7 cm³/mol. The van der Waals surface area contributed by atoms with E-state index in [9.17, 15) is 9.59 Å². The Labute approximate surface area is 105 Å². The Balaban J connectivity index is 2.03. The third kappa shape index (κ3) is 2.86. The van der Waals surface area contributed by atoms with Gasteiger partial charge >= 0.3 is 0 Å². The molecule has 0 saturated carbocycles. The molecule has 0 aliphatic carbocycles. The Hall–Kier alpha value is -1.35. The number of rotatable bonds is 3. The van der Waals surface area contributed by atoms with Gasteiger partial charge in [0, 0.05) is 6.54 Å². The average molecular weight is 252 g/mol. The van der Waals surface area contributed by atoms with E-state index in [4.69, 9.17) is 11.6 Å². The van der Waals surface area contributed by atoms with Crippen molar-refractivity contribution in [3.63, 3.8) is 0 Å². The predicted octanol–water partition coefficient (Wildman–Crippen LogP) is 1.99. The zero-order valence-corrected chi connectivity index (χ0v) is 10.2. The highest BCUT2D eigenvalue weighted by atomic mass is 35.5. The first kappa shape index (κ1) is 12.1. The van der Waals surface area contributed by atoms with Gasteiger partial charge in [-0.15, -0.1) is 0 Å². The van der Waals surface area contributed by atoms with Crippen LogP contribution in [0.4, 0.5) is 0 Å². The minimum Gasteiger partial charge on any atom is -0.331 e. The molecule has 1 fully saturated rings. The molecule has 3 nitrogen and oxygen atoms in total. The molecule has 1 saturated heterocycles. The second-order valence-electron chi connectivity index (χ2n) is 4.21. The second-order valence-corrected chi connectivity index (χ2v) is 4.58. The summed E-state index contributed by atoms with van der Waals surface area (Å²) in [7, 11) is 0. The number of hydrogen-bond acceptors (Lipinski definition) is 2. The molecular formula is C13H14ClNO2. The minimum absolute atomic E-state index is 0.0206. The fourth-order valence-electron chi connectivity index (χ4n) is 2.17. The van der Waals surface area contributed by atoms with Crippen molar-refractivity contribution in [2.75, 3.05) is 6.54 Å². The number of carbonyl (C=O) groups excluding carboxylic acids is 2. The summed E-state index contributed by atoms with van der Waals surface area (Å²) in [5.41, 5.74) is 0.963. The van der Waals surface area contributed by atoms with E-state index in [1.807, 2.05) is 30.3 Å². The first-order valence-corrected chi connectivity index (χ1v) is 6.09. The topological polar surface area (TPSA) is 37.4 Å². The van der Waals surface area contributed by atoms with Crippen molar-refractivity contribution < 1.29 is 9.59 Å². The Kier molecular flexibility index (Phi) is 3.79. The van der Waals surface area contributed by atoms with Crippen LogP contribution in [0.25, 0.3) is 0 Å². The number of hydrogen-bond donors (Lipinski definition) is 0. The molecule has 1 heterocycles. The van der Waals surface area contributed by atoms with E-state index in [0.29, 0.717) is 19.4 Å². The maximum atomic E-state index is 12.0. The molecule has 1 aliphatic rings. The van der Waals surface area contributed by atoms with Crippen LogP contribution in [0.1, 0.15) is 18.4 Å². The van der Waals surface area contributed by atoms with Crippen LogP contribution in [0, 0.1) is 0 Å². The van der Waals surface area contributed by atoms with E-state index in [1.54, 1.807) is 4.90 Å². The third-order valence-corrected chi connectivity index (χ3v) is 3.29. The van der Waals surface area contributed by atoms with Crippen LogP contribution in [0.2, 0.25) is 0 Å². The molecule has 4 heteroatoms. The van der Waals surface area contributed by atoms with Gasteiger partial charge in [-0.2, -0.15) is 0 Å². The molecule has 1 aromatic carbocycles. The molecule has 0 bridgehead atoms. The lowest BCUT2D eigenvalue weighted by molar-refractivity contribution is -0.134. The number of amides is 1. The van der Waals surface area contributed by atoms with Gasteiger partial charge in [-0.05, 0) is 30.0 Å². The Bertz CT molecular complexity index is 419. The van der Waals surface area contributed by atoms with E-state index in [0.717, 1.165) is 12.0 Å². The minimum atomic E-state index is -0.427. The van der Waals surface area contributed by atoms with E-state index in [2.05, 4.69) is 0 Å². The first-order valence-electron chi connectivity index (χ1n) is 5.71. The fourth-order valence-corrected chi connectivity index (χ4v) is 2.40. The molecule has 1 aromatic rings. The monoisotopic (exact) mass is 251 g/mol. The molecule has 90 valence electrons. The number of likely N-dealkylation sites (tertiary alicyclic amines) is 1. The van der Waals surface area contributed by atoms with Crippen LogP contribution in [-0.4, -0.2) is 28.6 Å². The van der Waals surface area contributed by atoms with E-state index >= 15 is 0 Å². The van der Waals surface area contributed by atoms with Gasteiger partial charge in [0.2, 0.25) is 11.1 Å². The number of halogens is 1. The molecule has 1 amide bonds. The number of benzene rings is 1. The maximum Gasteiger partial charge on any atom is 0.244 e. The molecule has 0 N–H and O–H groups in total. The molecule has 0 spiro atoms. The summed E-state index contributed by atoms with van der Waals surface area (Å²) >= 11 is 5.49. The summed E-state index contributed by atoms with van der Waals surface area (Å²) < 4.78 is 0. The van der Waals surface area contributed by atoms with Crippen LogP contribution in [0.3, 0.4) is 0 Å². The molecule has 1 aliphatic heterocycles. The summed E-state index contributed by atoms with van der Waals surface area (Å²) in [6, 6.07) is 9.10. The zero-order chi connectivity index (χ0) is 12.3. The highest BCUT2D eigenvalue weighted by Gasteiger charge is 2.32. The van der Waals surface area contributed by atoms with Crippen LogP contribution in [0.5, 0.6) is 0 Å². The summed E-state index contributed by atoms with van der Waals surface area (Å²) in [5.74, 6) is -0.0206. The normalized spacial score (nSPS) is 19.4. The van der Waals surface area contributed by atoms with Gasteiger partial charge in [0.05, 0.1) is 6.42 Å². The smallest absolute Gasteiger partial charge is 0.244 e. The number of carbonyl (C=O) groups is 2. The standard InChI is InChI=1S/C13H14ClNO2/c14-13(17)11-7-4-8-15(11)12(16)9-10-5-2-1-3-6-10/h1-3,5-6,11H,4,7-9H2. The van der Waals surface area contributed by atoms with Crippen molar-refractivity contribution in [2.24, 2.45) is 0 Å². The van der Waals surface area contributed by atoms with Crippen LogP contribution in [-0.2, 0) is 16.0 Å². The summed E-state index contributed by atoms with van der Waals surface area (Å²) in [6.07, 6.45) is 1.87. The van der Waals surface area contributed by atoms with Crippen molar-refractivity contribution in [3.05, 3.63) is 35.9 Å². The largest absolute Gasteiger partial charge is 0.331 e. The average Bonchev–Trinajstić information content (AvgIpc) is 2.79. The Morgan fingerprint density at radius 1 is 1.29 bits per heavy atom. The third-order valence-electron chi connectivity index (χ3n) is 3.03. The zero-order valence-electron chi connectivity index (χ0n) is 9.43. The second kappa shape index (κ2) is 5.32. The lowest BCUT2D eigenvalue weighted by Crippen LogP contribution is -2.39. The van der Waals surface area contributed by atoms with E-state index in [-0.39, 0.29) is 5.91 Å². The van der Waals surface area contributed by atoms with Crippen molar-refractivity contribution >= 4 is 22.8 Å². The lowest BCUT2D eigenvalue weighted by atomic mass is 10.1. The summed E-state index contributed by atoms with van der Waals surface area (Å²) in [5, 5.41) is -0.427. The van der Waals surface area contributed by atoms with Crippen molar-refractivity contribution in [3.8, 4) is 0 Å². The fraction of sp³-hybridized carbons (Fsp3) is 0.385. The lowest BCUT2D eigenvalue weighted by Gasteiger charge is -2.21. The SMILES string of the molecule is O=C(Cl)C1CCCN1C(=O)Cc1ccccc1. The number of nitrogens with zero attached hydrogens (tertiary/aromatic N) is 1. The van der Waals surface area contributed by atoms with Gasteiger partial charge in [0.1, 0.15) is 6.04 Å². The molecule has 0 radical (unpaired) electrons. The van der Waals surface area contributed by atoms with Gasteiger partial charge in [0.25, 0.3) is 0 Å². The van der Waals surface area contributed by atoms with Gasteiger partial charge in [-0.25, -0.2) is 0 Å². The molecule has 1 unspecified atom stereocenters. The summed E-state index contributed by atoms with van der Waals surface area (Å²) in [4.78, 5) is 24.8. The van der Waals surface area contributed by atoms with Gasteiger partial charge in [0.15, 0.2) is 0 Å². The molecule has 2 rings (SSSR count). The molecule has 0 aromatic heterocycles. The van der Waals surface area contributed by atoms with Crippen molar-refractivity contribution in [2.45, 2.75) is 25.3 Å². The van der Waals surface area contributed by atoms with Crippen LogP contribution in [0.15, 0.2) is 30.3 Å². The van der Waals surface area contributed by atoms with Gasteiger partial charge < -0.3 is 4.90 Å². The maximum absolute atomic E-state index is 12.0. The van der Waals surface area contributed by atoms with Crippen LogP contribution < -0.4 is 0 Å².